The van der Waals surface area contributed by atoms with E-state index in [1.54, 1.807) is 7.11 Å². The predicted molar refractivity (Wildman–Crippen MR) is 132 cm³/mol. The summed E-state index contributed by atoms with van der Waals surface area (Å²) >= 11 is 0. The first kappa shape index (κ1) is 25.3. The molecule has 1 amide bonds. The Morgan fingerprint density at radius 1 is 1.23 bits per heavy atom. The molecule has 2 N–H and O–H groups in total. The van der Waals surface area contributed by atoms with Crippen LogP contribution in [-0.4, -0.2) is 74.2 Å². The summed E-state index contributed by atoms with van der Waals surface area (Å²) in [6, 6.07) is 13.6. The quantitative estimate of drug-likeness (QED) is 0.565. The normalized spacial score (nSPS) is 22.1. The lowest BCUT2D eigenvalue weighted by Gasteiger charge is -2.41. The molecule has 1 fully saturated rings. The first-order valence-corrected chi connectivity index (χ1v) is 12.3. The molecule has 0 spiro atoms. The van der Waals surface area contributed by atoms with E-state index in [0.717, 1.165) is 16.9 Å². The molecule has 2 aromatic carbocycles. The second-order valence-corrected chi connectivity index (χ2v) is 9.50. The van der Waals surface area contributed by atoms with Gasteiger partial charge in [0.1, 0.15) is 12.4 Å². The number of carbonyl (C=O) groups is 1. The minimum atomic E-state index is -0.601. The summed E-state index contributed by atoms with van der Waals surface area (Å²) in [5.74, 6) is 2.36. The highest BCUT2D eigenvalue weighted by molar-refractivity contribution is 5.81. The molecule has 0 radical (unpaired) electrons. The van der Waals surface area contributed by atoms with Crippen LogP contribution in [0.25, 0.3) is 0 Å². The van der Waals surface area contributed by atoms with Crippen LogP contribution in [0.2, 0.25) is 0 Å². The Labute approximate surface area is 207 Å². The molecule has 190 valence electrons. The molecule has 3 unspecified atom stereocenters. The smallest absolute Gasteiger partial charge is 0.250 e. The lowest BCUT2D eigenvalue weighted by Crippen LogP contribution is -2.57. The molecule has 0 aromatic heterocycles. The number of nitrogens with zero attached hydrogens (tertiary/aromatic N) is 1. The molecule has 0 saturated carbocycles. The van der Waals surface area contributed by atoms with Gasteiger partial charge >= 0.3 is 0 Å². The minimum absolute atomic E-state index is 0.0914. The van der Waals surface area contributed by atoms with E-state index < -0.39 is 6.10 Å². The summed E-state index contributed by atoms with van der Waals surface area (Å²) < 4.78 is 23.2. The number of rotatable bonds is 9. The molecule has 2 aromatic rings. The second-order valence-electron chi connectivity index (χ2n) is 9.50. The Balaban J connectivity index is 1.59. The number of aliphatic hydroxyl groups is 1. The van der Waals surface area contributed by atoms with Crippen LogP contribution < -0.4 is 19.5 Å². The van der Waals surface area contributed by atoms with E-state index in [4.69, 9.17) is 18.9 Å². The second kappa shape index (κ2) is 11.7. The zero-order valence-corrected chi connectivity index (χ0v) is 20.7. The Bertz CT molecular complexity index is 997. The third-order valence-corrected chi connectivity index (χ3v) is 6.38. The van der Waals surface area contributed by atoms with Crippen molar-refractivity contribution in [2.75, 3.05) is 40.0 Å². The number of morpholine rings is 1. The molecule has 8 heteroatoms. The topological polar surface area (TPSA) is 89.5 Å². The molecular weight excluding hydrogens is 448 g/mol. The third kappa shape index (κ3) is 6.25. The van der Waals surface area contributed by atoms with Crippen molar-refractivity contribution in [2.45, 2.75) is 45.1 Å². The van der Waals surface area contributed by atoms with Gasteiger partial charge in [0.05, 0.1) is 20.3 Å². The standard InChI is InChI=1S/C27H36N2O6/c1-18(2)14-28-27(31)26-22(12-19-8-9-24-25(13-19)35-21(16-30)17-34-24)29(10-11-33-26)15-20-6-4-5-7-23(20)32-3/h4-9,13,18,21-22,26,30H,10-12,14-17H2,1-3H3,(H,28,31). The van der Waals surface area contributed by atoms with Gasteiger partial charge in [-0.3, -0.25) is 9.69 Å². The van der Waals surface area contributed by atoms with E-state index in [2.05, 4.69) is 30.1 Å². The highest BCUT2D eigenvalue weighted by Crippen LogP contribution is 2.34. The maximum Gasteiger partial charge on any atom is 0.250 e. The highest BCUT2D eigenvalue weighted by atomic mass is 16.6. The van der Waals surface area contributed by atoms with Crippen LogP contribution in [0.4, 0.5) is 0 Å². The number of hydrogen-bond acceptors (Lipinski definition) is 7. The molecule has 4 rings (SSSR count). The Hall–Kier alpha value is -2.81. The van der Waals surface area contributed by atoms with E-state index in [1.807, 2.05) is 36.4 Å². The van der Waals surface area contributed by atoms with E-state index >= 15 is 0 Å². The number of hydrogen-bond donors (Lipinski definition) is 2. The van der Waals surface area contributed by atoms with Gasteiger partial charge in [0, 0.05) is 31.2 Å². The summed E-state index contributed by atoms with van der Waals surface area (Å²) in [7, 11) is 1.67. The van der Waals surface area contributed by atoms with Crippen molar-refractivity contribution in [2.24, 2.45) is 5.92 Å². The van der Waals surface area contributed by atoms with Gasteiger partial charge in [0.25, 0.3) is 5.91 Å². The van der Waals surface area contributed by atoms with Gasteiger partial charge in [-0.1, -0.05) is 38.1 Å². The van der Waals surface area contributed by atoms with Crippen LogP contribution in [0.15, 0.2) is 42.5 Å². The molecule has 8 nitrogen and oxygen atoms in total. The zero-order valence-electron chi connectivity index (χ0n) is 20.7. The van der Waals surface area contributed by atoms with E-state index in [0.29, 0.717) is 56.7 Å². The summed E-state index contributed by atoms with van der Waals surface area (Å²) in [4.78, 5) is 15.5. The van der Waals surface area contributed by atoms with Crippen LogP contribution in [-0.2, 0) is 22.5 Å². The van der Waals surface area contributed by atoms with Crippen LogP contribution in [0.1, 0.15) is 25.0 Å². The summed E-state index contributed by atoms with van der Waals surface area (Å²) in [6.45, 7) is 6.78. The van der Waals surface area contributed by atoms with Crippen molar-refractivity contribution in [3.05, 3.63) is 53.6 Å². The van der Waals surface area contributed by atoms with Crippen molar-refractivity contribution in [3.8, 4) is 17.2 Å². The average Bonchev–Trinajstić information content (AvgIpc) is 2.88. The molecule has 0 aliphatic carbocycles. The van der Waals surface area contributed by atoms with Crippen molar-refractivity contribution >= 4 is 5.91 Å². The van der Waals surface area contributed by atoms with Gasteiger partial charge in [-0.2, -0.15) is 0 Å². The SMILES string of the molecule is COc1ccccc1CN1CCOC(C(=O)NCC(C)C)C1Cc1ccc2c(c1)OC(CO)CO2. The van der Waals surface area contributed by atoms with E-state index in [-0.39, 0.29) is 24.7 Å². The number of carbonyl (C=O) groups excluding carboxylic acids is 1. The maximum absolute atomic E-state index is 13.2. The van der Waals surface area contributed by atoms with Gasteiger partial charge < -0.3 is 29.4 Å². The molecule has 2 aliphatic rings. The van der Waals surface area contributed by atoms with Crippen LogP contribution >= 0.6 is 0 Å². The molecule has 1 saturated heterocycles. The molecule has 0 bridgehead atoms. The molecular formula is C27H36N2O6. The number of methoxy groups -OCH3 is 1. The number of ether oxygens (including phenoxy) is 4. The molecule has 2 aliphatic heterocycles. The van der Waals surface area contributed by atoms with Crippen molar-refractivity contribution < 1.29 is 28.8 Å². The van der Waals surface area contributed by atoms with Crippen LogP contribution in [0.5, 0.6) is 17.2 Å². The zero-order chi connectivity index (χ0) is 24.8. The van der Waals surface area contributed by atoms with E-state index in [9.17, 15) is 9.90 Å². The number of benzene rings is 2. The molecule has 2 heterocycles. The number of para-hydroxylation sites is 1. The van der Waals surface area contributed by atoms with Gasteiger partial charge in [-0.05, 0) is 36.1 Å². The largest absolute Gasteiger partial charge is 0.496 e. The van der Waals surface area contributed by atoms with Crippen LogP contribution in [0, 0.1) is 5.92 Å². The fourth-order valence-corrected chi connectivity index (χ4v) is 4.52. The van der Waals surface area contributed by atoms with Gasteiger partial charge in [-0.15, -0.1) is 0 Å². The van der Waals surface area contributed by atoms with Crippen molar-refractivity contribution in [1.29, 1.82) is 0 Å². The summed E-state index contributed by atoms with van der Waals surface area (Å²) in [6.07, 6.45) is -0.391. The Kier molecular flexibility index (Phi) is 8.49. The first-order chi connectivity index (χ1) is 17.0. The monoisotopic (exact) mass is 484 g/mol. The third-order valence-electron chi connectivity index (χ3n) is 6.38. The summed E-state index contributed by atoms with van der Waals surface area (Å²) in [5.41, 5.74) is 2.07. The van der Waals surface area contributed by atoms with Gasteiger partial charge in [0.15, 0.2) is 23.7 Å². The Morgan fingerprint density at radius 2 is 2.06 bits per heavy atom. The fourth-order valence-electron chi connectivity index (χ4n) is 4.52. The summed E-state index contributed by atoms with van der Waals surface area (Å²) in [5, 5.41) is 12.5. The molecule has 35 heavy (non-hydrogen) atoms. The number of fused-ring (bicyclic) bond motifs is 1. The van der Waals surface area contributed by atoms with Gasteiger partial charge in [-0.25, -0.2) is 0 Å². The lowest BCUT2D eigenvalue weighted by atomic mass is 9.96. The maximum atomic E-state index is 13.2. The van der Waals surface area contributed by atoms with Crippen molar-refractivity contribution in [1.82, 2.24) is 10.2 Å². The van der Waals surface area contributed by atoms with Crippen molar-refractivity contribution in [3.63, 3.8) is 0 Å². The van der Waals surface area contributed by atoms with E-state index in [1.165, 1.54) is 0 Å². The first-order valence-electron chi connectivity index (χ1n) is 12.3. The number of aliphatic hydroxyl groups excluding tert-OH is 1. The van der Waals surface area contributed by atoms with Gasteiger partial charge in [0.2, 0.25) is 0 Å². The van der Waals surface area contributed by atoms with Crippen LogP contribution in [0.3, 0.4) is 0 Å². The number of amides is 1. The average molecular weight is 485 g/mol. The predicted octanol–water partition coefficient (Wildman–Crippen LogP) is 2.41. The molecule has 3 atom stereocenters. The minimum Gasteiger partial charge on any atom is -0.496 e. The Morgan fingerprint density at radius 3 is 2.83 bits per heavy atom. The lowest BCUT2D eigenvalue weighted by molar-refractivity contribution is -0.146. The highest BCUT2D eigenvalue weighted by Gasteiger charge is 2.37. The fraction of sp³-hybridized carbons (Fsp3) is 0.519. The number of nitrogens with one attached hydrogen (secondary N) is 1.